The van der Waals surface area contributed by atoms with Gasteiger partial charge in [-0.2, -0.15) is 4.98 Å². The molecule has 0 aliphatic heterocycles. The minimum Gasteiger partial charge on any atom is -0.476 e. The number of nitrogen functional groups attached to an aromatic ring is 1. The highest BCUT2D eigenvalue weighted by molar-refractivity contribution is 5.66. The maximum Gasteiger partial charge on any atom is 0.242 e. The Morgan fingerprint density at radius 2 is 2.06 bits per heavy atom. The molecule has 0 radical (unpaired) electrons. The smallest absolute Gasteiger partial charge is 0.242 e. The van der Waals surface area contributed by atoms with Crippen LogP contribution in [0, 0.1) is 0 Å². The number of hydrogen-bond donors (Lipinski definition) is 3. The van der Waals surface area contributed by atoms with Crippen LogP contribution in [0.4, 0.5) is 11.5 Å². The molecule has 102 valence electrons. The Hall–Kier alpha value is -1.56. The van der Waals surface area contributed by atoms with Gasteiger partial charge in [-0.25, -0.2) is 4.98 Å². The Morgan fingerprint density at radius 3 is 2.78 bits per heavy atom. The first-order valence-corrected chi connectivity index (χ1v) is 6.37. The summed E-state index contributed by atoms with van der Waals surface area (Å²) in [5.41, 5.74) is 6.34. The van der Waals surface area contributed by atoms with Crippen molar-refractivity contribution in [1.29, 1.82) is 0 Å². The van der Waals surface area contributed by atoms with Crippen LogP contribution in [0.15, 0.2) is 6.33 Å². The van der Waals surface area contributed by atoms with Crippen LogP contribution in [0.2, 0.25) is 0 Å². The van der Waals surface area contributed by atoms with Crippen molar-refractivity contribution in [1.82, 2.24) is 9.97 Å². The van der Waals surface area contributed by atoms with E-state index >= 15 is 0 Å². The highest BCUT2D eigenvalue weighted by Crippen LogP contribution is 2.24. The zero-order valence-electron chi connectivity index (χ0n) is 10.9. The predicted molar refractivity (Wildman–Crippen MR) is 71.7 cm³/mol. The van der Waals surface area contributed by atoms with E-state index in [4.69, 9.17) is 15.6 Å². The molecule has 0 saturated carbocycles. The number of aliphatic hydroxyl groups excluding tert-OH is 1. The van der Waals surface area contributed by atoms with Crippen LogP contribution >= 0.6 is 0 Å². The van der Waals surface area contributed by atoms with Crippen molar-refractivity contribution in [3.05, 3.63) is 6.33 Å². The molecule has 0 amide bonds. The number of ether oxygens (including phenoxy) is 1. The number of nitrogens with zero attached hydrogens (tertiary/aromatic N) is 2. The van der Waals surface area contributed by atoms with E-state index in [0.717, 1.165) is 32.2 Å². The van der Waals surface area contributed by atoms with Gasteiger partial charge in [0, 0.05) is 13.2 Å². The molecule has 6 nitrogen and oxygen atoms in total. The van der Waals surface area contributed by atoms with Gasteiger partial charge < -0.3 is 20.9 Å². The van der Waals surface area contributed by atoms with E-state index in [1.54, 1.807) is 0 Å². The number of aromatic nitrogens is 2. The molecule has 1 rings (SSSR count). The van der Waals surface area contributed by atoms with Crippen molar-refractivity contribution in [3.8, 4) is 5.88 Å². The molecule has 4 N–H and O–H groups in total. The van der Waals surface area contributed by atoms with Crippen LogP contribution in [0.5, 0.6) is 5.88 Å². The summed E-state index contributed by atoms with van der Waals surface area (Å²) in [5, 5.41) is 11.8. The number of rotatable bonds is 9. The summed E-state index contributed by atoms with van der Waals surface area (Å²) >= 11 is 0. The fourth-order valence-electron chi connectivity index (χ4n) is 1.57. The average Bonchev–Trinajstić information content (AvgIpc) is 2.38. The van der Waals surface area contributed by atoms with E-state index in [-0.39, 0.29) is 6.61 Å². The molecular formula is C12H22N4O2. The zero-order valence-corrected chi connectivity index (χ0v) is 10.9. The number of nitrogens with two attached hydrogens (primary N) is 1. The fourth-order valence-corrected chi connectivity index (χ4v) is 1.57. The van der Waals surface area contributed by atoms with Gasteiger partial charge in [0.25, 0.3) is 0 Å². The highest BCUT2D eigenvalue weighted by atomic mass is 16.5. The second-order valence-corrected chi connectivity index (χ2v) is 3.94. The summed E-state index contributed by atoms with van der Waals surface area (Å²) in [7, 11) is 0. The Bertz CT molecular complexity index is 347. The van der Waals surface area contributed by atoms with Gasteiger partial charge in [-0.15, -0.1) is 0 Å². The molecule has 1 aromatic rings. The third kappa shape index (κ3) is 4.75. The first kappa shape index (κ1) is 14.5. The summed E-state index contributed by atoms with van der Waals surface area (Å²) < 4.78 is 5.29. The molecule has 0 unspecified atom stereocenters. The van der Waals surface area contributed by atoms with E-state index in [1.807, 2.05) is 6.92 Å². The van der Waals surface area contributed by atoms with E-state index in [1.165, 1.54) is 6.33 Å². The molecule has 1 heterocycles. The second kappa shape index (κ2) is 8.52. The number of nitrogens with one attached hydrogen (secondary N) is 1. The van der Waals surface area contributed by atoms with Crippen molar-refractivity contribution in [2.45, 2.75) is 32.6 Å². The highest BCUT2D eigenvalue weighted by Gasteiger charge is 2.07. The van der Waals surface area contributed by atoms with E-state index in [2.05, 4.69) is 15.3 Å². The van der Waals surface area contributed by atoms with E-state index in [9.17, 15) is 0 Å². The standard InChI is InChI=1S/C12H22N4O2/c1-2-18-12-10(13)11(15-9-16-12)14-7-5-3-4-6-8-17/h9,17H,2-8,13H2,1H3,(H,14,15,16). The van der Waals surface area contributed by atoms with Crippen molar-refractivity contribution in [2.24, 2.45) is 0 Å². The lowest BCUT2D eigenvalue weighted by molar-refractivity contribution is 0.283. The minimum atomic E-state index is 0.268. The summed E-state index contributed by atoms with van der Waals surface area (Å²) in [6.45, 7) is 3.49. The fraction of sp³-hybridized carbons (Fsp3) is 0.667. The van der Waals surface area contributed by atoms with Crippen molar-refractivity contribution >= 4 is 11.5 Å². The summed E-state index contributed by atoms with van der Waals surface area (Å²) in [6.07, 6.45) is 5.45. The molecule has 0 aromatic carbocycles. The van der Waals surface area contributed by atoms with Gasteiger partial charge in [0.05, 0.1) is 6.61 Å². The van der Waals surface area contributed by atoms with Crippen LogP contribution in [-0.4, -0.2) is 34.8 Å². The molecule has 0 saturated heterocycles. The molecule has 18 heavy (non-hydrogen) atoms. The van der Waals surface area contributed by atoms with Gasteiger partial charge in [-0.05, 0) is 19.8 Å². The number of anilines is 2. The van der Waals surface area contributed by atoms with Crippen LogP contribution in [0.3, 0.4) is 0 Å². The van der Waals surface area contributed by atoms with Gasteiger partial charge in [-0.3, -0.25) is 0 Å². The van der Waals surface area contributed by atoms with E-state index < -0.39 is 0 Å². The maximum atomic E-state index is 8.66. The maximum absolute atomic E-state index is 8.66. The Morgan fingerprint density at radius 1 is 1.28 bits per heavy atom. The van der Waals surface area contributed by atoms with Gasteiger partial charge in [0.15, 0.2) is 5.82 Å². The normalized spacial score (nSPS) is 10.3. The molecule has 6 heteroatoms. The monoisotopic (exact) mass is 254 g/mol. The SMILES string of the molecule is CCOc1ncnc(NCCCCCCO)c1N. The average molecular weight is 254 g/mol. The second-order valence-electron chi connectivity index (χ2n) is 3.94. The van der Waals surface area contributed by atoms with Crippen molar-refractivity contribution < 1.29 is 9.84 Å². The quantitative estimate of drug-likeness (QED) is 0.577. The van der Waals surface area contributed by atoms with Crippen LogP contribution in [0.25, 0.3) is 0 Å². The molecular weight excluding hydrogens is 232 g/mol. The third-order valence-corrected chi connectivity index (χ3v) is 2.51. The number of aliphatic hydroxyl groups is 1. The molecule has 0 fully saturated rings. The van der Waals surface area contributed by atoms with Crippen molar-refractivity contribution in [2.75, 3.05) is 30.8 Å². The molecule has 0 bridgehead atoms. The van der Waals surface area contributed by atoms with Gasteiger partial charge in [-0.1, -0.05) is 12.8 Å². The van der Waals surface area contributed by atoms with Crippen molar-refractivity contribution in [3.63, 3.8) is 0 Å². The largest absolute Gasteiger partial charge is 0.476 e. The minimum absolute atomic E-state index is 0.268. The van der Waals surface area contributed by atoms with Crippen LogP contribution in [-0.2, 0) is 0 Å². The molecule has 0 aliphatic rings. The first-order valence-electron chi connectivity index (χ1n) is 6.37. The molecule has 0 atom stereocenters. The Labute approximate surface area is 108 Å². The third-order valence-electron chi connectivity index (χ3n) is 2.51. The lowest BCUT2D eigenvalue weighted by Gasteiger charge is -2.10. The van der Waals surface area contributed by atoms with Gasteiger partial charge in [0.2, 0.25) is 5.88 Å². The Balaban J connectivity index is 2.35. The molecule has 0 spiro atoms. The topological polar surface area (TPSA) is 93.3 Å². The molecule has 0 aliphatic carbocycles. The summed E-state index contributed by atoms with van der Waals surface area (Å²) in [4.78, 5) is 8.06. The zero-order chi connectivity index (χ0) is 13.2. The summed E-state index contributed by atoms with van der Waals surface area (Å²) in [6, 6.07) is 0. The lowest BCUT2D eigenvalue weighted by Crippen LogP contribution is -2.09. The van der Waals surface area contributed by atoms with Crippen LogP contribution < -0.4 is 15.8 Å². The molecule has 1 aromatic heterocycles. The Kier molecular flexibility index (Phi) is 6.86. The first-order chi connectivity index (χ1) is 8.79. The number of hydrogen-bond acceptors (Lipinski definition) is 6. The lowest BCUT2D eigenvalue weighted by atomic mass is 10.2. The predicted octanol–water partition coefficient (Wildman–Crippen LogP) is 1.42. The number of unbranched alkanes of at least 4 members (excludes halogenated alkanes) is 3. The summed E-state index contributed by atoms with van der Waals surface area (Å²) in [5.74, 6) is 1.05. The van der Waals surface area contributed by atoms with Gasteiger partial charge in [0.1, 0.15) is 12.0 Å². The van der Waals surface area contributed by atoms with Gasteiger partial charge >= 0.3 is 0 Å². The van der Waals surface area contributed by atoms with E-state index in [0.29, 0.717) is 24.0 Å². The van der Waals surface area contributed by atoms with Crippen LogP contribution in [0.1, 0.15) is 32.6 Å².